The lowest BCUT2D eigenvalue weighted by Crippen LogP contribution is -2.45. The van der Waals surface area contributed by atoms with Crippen LogP contribution in [0.25, 0.3) is 0 Å². The van der Waals surface area contributed by atoms with Crippen molar-refractivity contribution in [2.24, 2.45) is 5.92 Å². The quantitative estimate of drug-likeness (QED) is 0.248. The van der Waals surface area contributed by atoms with Crippen molar-refractivity contribution in [1.29, 1.82) is 0 Å². The summed E-state index contributed by atoms with van der Waals surface area (Å²) in [6.45, 7) is 3.10. The second-order valence-corrected chi connectivity index (χ2v) is 5.19. The summed E-state index contributed by atoms with van der Waals surface area (Å²) in [6.07, 6.45) is -0.123. The van der Waals surface area contributed by atoms with Crippen molar-refractivity contribution in [2.45, 2.75) is 51.7 Å². The number of amides is 1. The zero-order valence-corrected chi connectivity index (χ0v) is 13.5. The van der Waals surface area contributed by atoms with E-state index < -0.39 is 41.4 Å². The summed E-state index contributed by atoms with van der Waals surface area (Å²) in [4.78, 5) is 31.7. The first-order chi connectivity index (χ1) is 11.2. The molecule has 0 aromatic carbocycles. The van der Waals surface area contributed by atoms with E-state index >= 15 is 0 Å². The lowest BCUT2D eigenvalue weighted by molar-refractivity contribution is -0.527. The Bertz CT molecular complexity index is 381. The number of rotatable bonds is 13. The highest BCUT2D eigenvalue weighted by Crippen LogP contribution is 2.10. The largest absolute Gasteiger partial charge is 0.480 e. The van der Waals surface area contributed by atoms with Gasteiger partial charge in [0.2, 0.25) is 5.91 Å². The molecule has 12 heteroatoms. The lowest BCUT2D eigenvalue weighted by atomic mass is 9.99. The van der Waals surface area contributed by atoms with Gasteiger partial charge < -0.3 is 10.4 Å². The number of aliphatic carboxylic acids is 1. The van der Waals surface area contributed by atoms with Crippen molar-refractivity contribution in [1.82, 2.24) is 16.1 Å². The monoisotopic (exact) mass is 355 g/mol. The fourth-order valence-corrected chi connectivity index (χ4v) is 1.87. The Morgan fingerprint density at radius 2 is 1.79 bits per heavy atom. The number of nitrogens with zero attached hydrogens (tertiary/aromatic N) is 2. The van der Waals surface area contributed by atoms with Crippen LogP contribution in [0.1, 0.15) is 39.5 Å². The van der Waals surface area contributed by atoms with E-state index in [1.165, 1.54) is 0 Å². The predicted octanol–water partition coefficient (Wildman–Crippen LogP) is 0.165. The van der Waals surface area contributed by atoms with E-state index in [4.69, 9.17) is 25.9 Å². The van der Waals surface area contributed by atoms with Gasteiger partial charge in [0, 0.05) is 6.42 Å². The van der Waals surface area contributed by atoms with Gasteiger partial charge in [-0.1, -0.05) is 20.3 Å². The molecule has 6 N–H and O–H groups in total. The highest BCUT2D eigenvalue weighted by atomic mass is 17.1. The molecule has 0 saturated carbocycles. The second-order valence-electron chi connectivity index (χ2n) is 5.19. The fourth-order valence-electron chi connectivity index (χ4n) is 1.87. The van der Waals surface area contributed by atoms with Gasteiger partial charge in [-0.15, -0.1) is 0 Å². The molecule has 3 unspecified atom stereocenters. The van der Waals surface area contributed by atoms with Crippen LogP contribution in [0.3, 0.4) is 0 Å². The smallest absolute Gasteiger partial charge is 0.326 e. The van der Waals surface area contributed by atoms with Crippen LogP contribution in [0.15, 0.2) is 0 Å². The molecule has 0 spiro atoms. The molecule has 0 radical (unpaired) electrons. The molecule has 0 aromatic rings. The molecule has 0 rings (SSSR count). The van der Waals surface area contributed by atoms with Gasteiger partial charge >= 0.3 is 5.97 Å². The van der Waals surface area contributed by atoms with E-state index in [1.807, 2.05) is 6.92 Å². The van der Waals surface area contributed by atoms with Gasteiger partial charge in [-0.05, 0) is 18.8 Å². The highest BCUT2D eigenvalue weighted by molar-refractivity contribution is 5.83. The third-order valence-electron chi connectivity index (χ3n) is 3.34. The van der Waals surface area contributed by atoms with E-state index in [2.05, 4.69) is 15.0 Å². The Labute approximate surface area is 138 Å². The van der Waals surface area contributed by atoms with E-state index in [9.17, 15) is 9.59 Å². The number of carbonyl (C=O) groups excluding carboxylic acids is 1. The summed E-state index contributed by atoms with van der Waals surface area (Å²) in [6, 6.07) is -0.986. The number of hydrogen-bond donors (Lipinski definition) is 6. The van der Waals surface area contributed by atoms with Gasteiger partial charge in [0.15, 0.2) is 0 Å². The average Bonchev–Trinajstić information content (AvgIpc) is 2.48. The molecule has 0 heterocycles. The van der Waals surface area contributed by atoms with Crippen molar-refractivity contribution in [2.75, 3.05) is 6.61 Å². The number of carboxylic acids is 1. The SMILES string of the molecule is CCC(C)C(NC(=O)CCCC(CON(O)O)ON(O)O)C(=O)O. The molecule has 142 valence electrons. The van der Waals surface area contributed by atoms with Crippen molar-refractivity contribution < 1.29 is 45.2 Å². The van der Waals surface area contributed by atoms with E-state index in [-0.39, 0.29) is 25.2 Å². The molecule has 0 fully saturated rings. The van der Waals surface area contributed by atoms with Crippen LogP contribution in [-0.2, 0) is 19.3 Å². The first-order valence-electron chi connectivity index (χ1n) is 7.34. The topological polar surface area (TPSA) is 172 Å². The number of nitrogens with one attached hydrogen (secondary N) is 1. The van der Waals surface area contributed by atoms with Crippen molar-refractivity contribution in [3.8, 4) is 0 Å². The summed E-state index contributed by atoms with van der Waals surface area (Å²) in [7, 11) is 0. The molecule has 12 nitrogen and oxygen atoms in total. The van der Waals surface area contributed by atoms with Gasteiger partial charge in [0.1, 0.15) is 18.8 Å². The predicted molar refractivity (Wildman–Crippen MR) is 74.5 cm³/mol. The first-order valence-corrected chi connectivity index (χ1v) is 7.34. The van der Waals surface area contributed by atoms with Crippen molar-refractivity contribution in [3.05, 3.63) is 0 Å². The second kappa shape index (κ2) is 12.0. The molecule has 1 amide bonds. The van der Waals surface area contributed by atoms with Crippen LogP contribution >= 0.6 is 0 Å². The standard InChI is InChI=1S/C12H25N3O9/c1-3-8(2)11(12(17)18)13-10(16)6-4-5-9(24-15(21)22)7-23-14(19)20/h8-9,11,19-22H,3-7H2,1-2H3,(H,13,16)(H,17,18). The van der Waals surface area contributed by atoms with Crippen LogP contribution in [0.4, 0.5) is 0 Å². The third-order valence-corrected chi connectivity index (χ3v) is 3.34. The zero-order valence-electron chi connectivity index (χ0n) is 13.5. The molecular weight excluding hydrogens is 330 g/mol. The summed E-state index contributed by atoms with van der Waals surface area (Å²) in [5, 5.41) is 44.4. The molecule has 24 heavy (non-hydrogen) atoms. The Balaban J connectivity index is 4.32. The van der Waals surface area contributed by atoms with Crippen LogP contribution in [0.5, 0.6) is 0 Å². The van der Waals surface area contributed by atoms with Crippen LogP contribution in [0.2, 0.25) is 0 Å². The van der Waals surface area contributed by atoms with Gasteiger partial charge in [-0.25, -0.2) is 14.5 Å². The van der Waals surface area contributed by atoms with Crippen LogP contribution in [0, 0.1) is 5.92 Å². The fraction of sp³-hybridized carbons (Fsp3) is 0.833. The molecule has 0 aliphatic rings. The normalized spacial score (nSPS) is 15.3. The van der Waals surface area contributed by atoms with Crippen molar-refractivity contribution >= 4 is 11.9 Å². The molecule has 0 saturated heterocycles. The first kappa shape index (κ1) is 22.6. The third kappa shape index (κ3) is 10.4. The summed E-state index contributed by atoms with van der Waals surface area (Å²) >= 11 is 0. The van der Waals surface area contributed by atoms with Gasteiger partial charge in [0.05, 0.1) is 10.8 Å². The summed E-state index contributed by atoms with van der Waals surface area (Å²) in [5.41, 5.74) is 0. The molecule has 0 aromatic heterocycles. The average molecular weight is 355 g/mol. The van der Waals surface area contributed by atoms with Gasteiger partial charge in [-0.2, -0.15) is 0 Å². The maximum atomic E-state index is 11.8. The number of carboxylic acid groups (broad SMARTS) is 1. The molecule has 3 atom stereocenters. The summed E-state index contributed by atoms with van der Waals surface area (Å²) < 4.78 is 0. The van der Waals surface area contributed by atoms with E-state index in [0.717, 1.165) is 0 Å². The molecule has 0 bridgehead atoms. The Morgan fingerprint density at radius 3 is 2.25 bits per heavy atom. The lowest BCUT2D eigenvalue weighted by Gasteiger charge is -2.21. The zero-order chi connectivity index (χ0) is 18.7. The minimum atomic E-state index is -1.12. The van der Waals surface area contributed by atoms with Gasteiger partial charge in [-0.3, -0.25) is 25.6 Å². The molecular formula is C12H25N3O9. The minimum absolute atomic E-state index is 0.0289. The number of hydrogen-bond acceptors (Lipinski definition) is 10. The Kier molecular flexibility index (Phi) is 11.4. The highest BCUT2D eigenvalue weighted by Gasteiger charge is 2.25. The Morgan fingerprint density at radius 1 is 1.17 bits per heavy atom. The maximum absolute atomic E-state index is 11.8. The van der Waals surface area contributed by atoms with E-state index in [0.29, 0.717) is 6.42 Å². The molecule has 0 aliphatic carbocycles. The van der Waals surface area contributed by atoms with Crippen LogP contribution < -0.4 is 5.32 Å². The number of carbonyl (C=O) groups is 2. The van der Waals surface area contributed by atoms with Crippen LogP contribution in [-0.4, -0.2) is 67.3 Å². The summed E-state index contributed by atoms with van der Waals surface area (Å²) in [5.74, 6) is -1.82. The minimum Gasteiger partial charge on any atom is -0.480 e. The van der Waals surface area contributed by atoms with E-state index in [1.54, 1.807) is 6.92 Å². The van der Waals surface area contributed by atoms with Crippen molar-refractivity contribution in [3.63, 3.8) is 0 Å². The molecule has 0 aliphatic heterocycles. The maximum Gasteiger partial charge on any atom is 0.326 e. The Hall–Kier alpha value is -1.38. The van der Waals surface area contributed by atoms with Gasteiger partial charge in [0.25, 0.3) is 0 Å².